The van der Waals surface area contributed by atoms with Gasteiger partial charge in [-0.25, -0.2) is 0 Å². The van der Waals surface area contributed by atoms with Crippen LogP contribution in [0.2, 0.25) is 0 Å². The fourth-order valence-electron chi connectivity index (χ4n) is 1.14. The standard InChI is InChI=1S/C11H14O3.C2H6O/c1-2-14-11(13)8-5-9-3-6-10(12)7-4-9;1-2-3/h3-4,6-7,12H,2,5,8H2,1H3;3H,2H2,1H3. The molecule has 1 aromatic carbocycles. The first-order chi connectivity index (χ1) is 8.13. The van der Waals surface area contributed by atoms with E-state index in [-0.39, 0.29) is 18.3 Å². The van der Waals surface area contributed by atoms with Crippen molar-refractivity contribution in [2.75, 3.05) is 13.2 Å². The maximum atomic E-state index is 11.0. The van der Waals surface area contributed by atoms with Crippen molar-refractivity contribution in [3.05, 3.63) is 29.8 Å². The van der Waals surface area contributed by atoms with Crippen molar-refractivity contribution in [2.24, 2.45) is 0 Å². The molecule has 4 nitrogen and oxygen atoms in total. The third kappa shape index (κ3) is 8.28. The van der Waals surface area contributed by atoms with Gasteiger partial charge in [-0.2, -0.15) is 0 Å². The summed E-state index contributed by atoms with van der Waals surface area (Å²) in [5.41, 5.74) is 1.02. The maximum absolute atomic E-state index is 11.0. The molecular weight excluding hydrogens is 220 g/mol. The van der Waals surface area contributed by atoms with Gasteiger partial charge in [0.05, 0.1) is 6.61 Å². The minimum Gasteiger partial charge on any atom is -0.508 e. The lowest BCUT2D eigenvalue weighted by molar-refractivity contribution is -0.143. The number of aromatic hydroxyl groups is 1. The van der Waals surface area contributed by atoms with E-state index in [1.54, 1.807) is 38.1 Å². The molecule has 0 aliphatic carbocycles. The molecule has 4 heteroatoms. The van der Waals surface area contributed by atoms with Gasteiger partial charge in [-0.05, 0) is 38.0 Å². The number of ether oxygens (including phenoxy) is 1. The first kappa shape index (κ1) is 15.4. The number of rotatable bonds is 4. The van der Waals surface area contributed by atoms with Gasteiger partial charge >= 0.3 is 5.97 Å². The number of phenolic OH excluding ortho intramolecular Hbond substituents is 1. The number of hydrogen-bond acceptors (Lipinski definition) is 4. The predicted molar refractivity (Wildman–Crippen MR) is 65.8 cm³/mol. The van der Waals surface area contributed by atoms with E-state index in [0.29, 0.717) is 19.4 Å². The van der Waals surface area contributed by atoms with Crippen LogP contribution < -0.4 is 0 Å². The Kier molecular flexibility index (Phi) is 8.78. The van der Waals surface area contributed by atoms with E-state index in [0.717, 1.165) is 5.56 Å². The van der Waals surface area contributed by atoms with Crippen LogP contribution in [0.25, 0.3) is 0 Å². The lowest BCUT2D eigenvalue weighted by Gasteiger charge is -2.02. The summed E-state index contributed by atoms with van der Waals surface area (Å²) in [4.78, 5) is 11.0. The highest BCUT2D eigenvalue weighted by Crippen LogP contribution is 2.11. The van der Waals surface area contributed by atoms with Gasteiger partial charge in [0.25, 0.3) is 0 Å². The van der Waals surface area contributed by atoms with Gasteiger partial charge in [-0.15, -0.1) is 0 Å². The largest absolute Gasteiger partial charge is 0.508 e. The number of hydrogen-bond donors (Lipinski definition) is 2. The van der Waals surface area contributed by atoms with Gasteiger partial charge in [-0.3, -0.25) is 4.79 Å². The zero-order valence-corrected chi connectivity index (χ0v) is 10.3. The monoisotopic (exact) mass is 240 g/mol. The third-order valence-corrected chi connectivity index (χ3v) is 1.86. The quantitative estimate of drug-likeness (QED) is 0.789. The number of phenols is 1. The molecule has 1 aromatic rings. The van der Waals surface area contributed by atoms with Crippen LogP contribution in [-0.4, -0.2) is 29.4 Å². The van der Waals surface area contributed by atoms with Crippen molar-refractivity contribution in [3.63, 3.8) is 0 Å². The molecule has 2 N–H and O–H groups in total. The highest BCUT2D eigenvalue weighted by molar-refractivity contribution is 5.69. The van der Waals surface area contributed by atoms with Crippen molar-refractivity contribution in [2.45, 2.75) is 26.7 Å². The Labute approximate surface area is 102 Å². The summed E-state index contributed by atoms with van der Waals surface area (Å²) in [7, 11) is 0. The SMILES string of the molecule is CCO.CCOC(=O)CCc1ccc(O)cc1. The second kappa shape index (κ2) is 9.66. The van der Waals surface area contributed by atoms with Crippen molar-refractivity contribution in [1.29, 1.82) is 0 Å². The molecule has 1 rings (SSSR count). The second-order valence-corrected chi connectivity index (χ2v) is 3.29. The van der Waals surface area contributed by atoms with Crippen molar-refractivity contribution in [3.8, 4) is 5.75 Å². The molecule has 0 aromatic heterocycles. The minimum absolute atomic E-state index is 0.180. The van der Waals surface area contributed by atoms with Crippen LogP contribution in [0.3, 0.4) is 0 Å². The molecule has 0 saturated heterocycles. The van der Waals surface area contributed by atoms with E-state index in [4.69, 9.17) is 14.9 Å². The summed E-state index contributed by atoms with van der Waals surface area (Å²) in [5, 5.41) is 16.6. The number of carbonyl (C=O) groups excluding carboxylic acids is 1. The summed E-state index contributed by atoms with van der Waals surface area (Å²) in [6.45, 7) is 4.15. The molecular formula is C13H20O4. The molecule has 0 radical (unpaired) electrons. The summed E-state index contributed by atoms with van der Waals surface area (Å²) in [6, 6.07) is 6.82. The van der Waals surface area contributed by atoms with Gasteiger partial charge in [-0.1, -0.05) is 12.1 Å². The topological polar surface area (TPSA) is 66.8 Å². The zero-order valence-electron chi connectivity index (χ0n) is 10.3. The molecule has 0 heterocycles. The number of aliphatic hydroxyl groups is 1. The molecule has 96 valence electrons. The van der Waals surface area contributed by atoms with E-state index in [1.807, 2.05) is 0 Å². The zero-order chi connectivity index (χ0) is 13.1. The van der Waals surface area contributed by atoms with Gasteiger partial charge in [0.1, 0.15) is 5.75 Å². The van der Waals surface area contributed by atoms with Crippen LogP contribution in [0, 0.1) is 0 Å². The lowest BCUT2D eigenvalue weighted by Crippen LogP contribution is -2.04. The Morgan fingerprint density at radius 3 is 2.24 bits per heavy atom. The van der Waals surface area contributed by atoms with Crippen molar-refractivity contribution < 1.29 is 19.7 Å². The third-order valence-electron chi connectivity index (χ3n) is 1.86. The first-order valence-corrected chi connectivity index (χ1v) is 5.68. The number of carbonyl (C=O) groups is 1. The van der Waals surface area contributed by atoms with E-state index >= 15 is 0 Å². The average Bonchev–Trinajstić information content (AvgIpc) is 2.30. The summed E-state index contributed by atoms with van der Waals surface area (Å²) < 4.78 is 4.80. The number of aliphatic hydroxyl groups excluding tert-OH is 1. The highest BCUT2D eigenvalue weighted by Gasteiger charge is 2.01. The van der Waals surface area contributed by atoms with Crippen molar-refractivity contribution >= 4 is 5.97 Å². The average molecular weight is 240 g/mol. The molecule has 0 bridgehead atoms. The van der Waals surface area contributed by atoms with Gasteiger partial charge in [0, 0.05) is 13.0 Å². The minimum atomic E-state index is -0.180. The Balaban J connectivity index is 0.000000770. The van der Waals surface area contributed by atoms with Crippen LogP contribution in [-0.2, 0) is 16.0 Å². The van der Waals surface area contributed by atoms with E-state index in [2.05, 4.69) is 0 Å². The molecule has 0 atom stereocenters. The van der Waals surface area contributed by atoms with E-state index in [1.165, 1.54) is 0 Å². The number of aryl methyl sites for hydroxylation is 1. The fraction of sp³-hybridized carbons (Fsp3) is 0.462. The van der Waals surface area contributed by atoms with Crippen LogP contribution in [0.1, 0.15) is 25.8 Å². The molecule has 0 fully saturated rings. The van der Waals surface area contributed by atoms with Crippen LogP contribution in [0.5, 0.6) is 5.75 Å². The molecule has 0 aliphatic rings. The predicted octanol–water partition coefficient (Wildman–Crippen LogP) is 1.89. The molecule has 0 spiro atoms. The van der Waals surface area contributed by atoms with E-state index in [9.17, 15) is 4.79 Å². The van der Waals surface area contributed by atoms with Crippen LogP contribution in [0.15, 0.2) is 24.3 Å². The van der Waals surface area contributed by atoms with Crippen LogP contribution in [0.4, 0.5) is 0 Å². The van der Waals surface area contributed by atoms with Gasteiger partial charge < -0.3 is 14.9 Å². The molecule has 0 aliphatic heterocycles. The Morgan fingerprint density at radius 1 is 1.24 bits per heavy atom. The van der Waals surface area contributed by atoms with E-state index < -0.39 is 0 Å². The lowest BCUT2D eigenvalue weighted by atomic mass is 10.1. The molecule has 0 amide bonds. The molecule has 0 saturated carbocycles. The van der Waals surface area contributed by atoms with Gasteiger partial charge in [0.2, 0.25) is 0 Å². The number of benzene rings is 1. The van der Waals surface area contributed by atoms with Crippen LogP contribution >= 0.6 is 0 Å². The second-order valence-electron chi connectivity index (χ2n) is 3.29. The fourth-order valence-corrected chi connectivity index (χ4v) is 1.14. The summed E-state index contributed by atoms with van der Waals surface area (Å²) in [6.07, 6.45) is 1.04. The molecule has 17 heavy (non-hydrogen) atoms. The highest BCUT2D eigenvalue weighted by atomic mass is 16.5. The van der Waals surface area contributed by atoms with Crippen molar-refractivity contribution in [1.82, 2.24) is 0 Å². The summed E-state index contributed by atoms with van der Waals surface area (Å²) >= 11 is 0. The molecule has 0 unspecified atom stereocenters. The Morgan fingerprint density at radius 2 is 1.76 bits per heavy atom. The first-order valence-electron chi connectivity index (χ1n) is 5.68. The summed E-state index contributed by atoms with van der Waals surface area (Å²) in [5.74, 6) is 0.0606. The smallest absolute Gasteiger partial charge is 0.306 e. The maximum Gasteiger partial charge on any atom is 0.306 e. The van der Waals surface area contributed by atoms with Gasteiger partial charge in [0.15, 0.2) is 0 Å². The Hall–Kier alpha value is -1.55. The number of esters is 1. The Bertz CT molecular complexity index is 306. The normalized spacial score (nSPS) is 9.12.